The van der Waals surface area contributed by atoms with E-state index >= 15 is 0 Å². The first-order valence-corrected chi connectivity index (χ1v) is 6.45. The van der Waals surface area contributed by atoms with Crippen molar-refractivity contribution in [2.75, 3.05) is 14.2 Å². The van der Waals surface area contributed by atoms with Crippen LogP contribution in [0.15, 0.2) is 17.0 Å². The summed E-state index contributed by atoms with van der Waals surface area (Å²) in [6.45, 7) is 0. The van der Waals surface area contributed by atoms with Gasteiger partial charge in [-0.25, -0.2) is 8.42 Å². The average Bonchev–Trinajstić information content (AvgIpc) is 2.15. The van der Waals surface area contributed by atoms with Gasteiger partial charge in [-0.05, 0) is 12.1 Å². The quantitative estimate of drug-likeness (QED) is 0.791. The minimum Gasteiger partial charge on any atom is -0.492 e. The summed E-state index contributed by atoms with van der Waals surface area (Å²) in [6, 6.07) is 2.63. The molecule has 0 spiro atoms. The maximum absolute atomic E-state index is 11.2. The number of ether oxygens (including phenoxy) is 2. The highest BCUT2D eigenvalue weighted by Crippen LogP contribution is 2.40. The third-order valence-electron chi connectivity index (χ3n) is 1.70. The minimum absolute atomic E-state index is 0.000000000000000444. The Kier molecular flexibility index (Phi) is 3.70. The number of halogens is 2. The van der Waals surface area contributed by atoms with Gasteiger partial charge in [-0.3, -0.25) is 0 Å². The first-order valence-electron chi connectivity index (χ1n) is 3.77. The standard InChI is InChI=1S/C8H8Cl2O4S/c1-13-7-5(9)3-4-6(8(7)14-2)15(10,11)12/h3-4H,1-2H3. The van der Waals surface area contributed by atoms with Crippen molar-refractivity contribution in [2.45, 2.75) is 4.90 Å². The molecule has 0 saturated heterocycles. The molecule has 0 aromatic heterocycles. The summed E-state index contributed by atoms with van der Waals surface area (Å²) >= 11 is 5.79. The fourth-order valence-corrected chi connectivity index (χ4v) is 2.31. The molecule has 4 nitrogen and oxygen atoms in total. The Morgan fingerprint density at radius 3 is 2.07 bits per heavy atom. The molecule has 0 saturated carbocycles. The van der Waals surface area contributed by atoms with Gasteiger partial charge in [0.05, 0.1) is 19.2 Å². The Bertz CT molecular complexity index is 470. The molecule has 0 heterocycles. The number of methoxy groups -OCH3 is 2. The van der Waals surface area contributed by atoms with Crippen molar-refractivity contribution >= 4 is 31.3 Å². The molecule has 0 amide bonds. The molecular formula is C8H8Cl2O4S. The molecule has 7 heteroatoms. The molecule has 0 fully saturated rings. The van der Waals surface area contributed by atoms with Crippen LogP contribution in [0, 0.1) is 0 Å². The molecule has 1 rings (SSSR count). The van der Waals surface area contributed by atoms with Crippen LogP contribution in [-0.2, 0) is 9.05 Å². The molecule has 0 aliphatic carbocycles. The Morgan fingerprint density at radius 2 is 1.67 bits per heavy atom. The van der Waals surface area contributed by atoms with Gasteiger partial charge in [0.25, 0.3) is 9.05 Å². The first kappa shape index (κ1) is 12.4. The molecule has 0 atom stereocenters. The predicted octanol–water partition coefficient (Wildman–Crippen LogP) is 2.28. The van der Waals surface area contributed by atoms with Gasteiger partial charge in [0.2, 0.25) is 0 Å². The Hall–Kier alpha value is -0.650. The lowest BCUT2D eigenvalue weighted by Gasteiger charge is -2.11. The number of hydrogen-bond acceptors (Lipinski definition) is 4. The van der Waals surface area contributed by atoms with Crippen LogP contribution >= 0.6 is 22.3 Å². The van der Waals surface area contributed by atoms with Crippen molar-refractivity contribution in [1.82, 2.24) is 0 Å². The van der Waals surface area contributed by atoms with E-state index in [-0.39, 0.29) is 21.4 Å². The smallest absolute Gasteiger partial charge is 0.265 e. The van der Waals surface area contributed by atoms with Crippen molar-refractivity contribution in [1.29, 1.82) is 0 Å². The summed E-state index contributed by atoms with van der Waals surface area (Å²) in [5, 5.41) is 0.249. The van der Waals surface area contributed by atoms with Gasteiger partial charge in [-0.15, -0.1) is 0 Å². The van der Waals surface area contributed by atoms with Gasteiger partial charge in [0.15, 0.2) is 11.5 Å². The largest absolute Gasteiger partial charge is 0.492 e. The van der Waals surface area contributed by atoms with Crippen molar-refractivity contribution in [3.05, 3.63) is 17.2 Å². The van der Waals surface area contributed by atoms with Crippen LogP contribution < -0.4 is 9.47 Å². The van der Waals surface area contributed by atoms with Gasteiger partial charge in [0, 0.05) is 10.7 Å². The van der Waals surface area contributed by atoms with Crippen molar-refractivity contribution in [2.24, 2.45) is 0 Å². The summed E-state index contributed by atoms with van der Waals surface area (Å²) in [5.74, 6) is 0.140. The summed E-state index contributed by atoms with van der Waals surface area (Å²) in [4.78, 5) is -0.173. The van der Waals surface area contributed by atoms with Gasteiger partial charge >= 0.3 is 0 Å². The normalized spacial score (nSPS) is 11.2. The van der Waals surface area contributed by atoms with Crippen LogP contribution in [0.25, 0.3) is 0 Å². The second kappa shape index (κ2) is 4.47. The lowest BCUT2D eigenvalue weighted by Crippen LogP contribution is -1.99. The third kappa shape index (κ3) is 2.48. The average molecular weight is 271 g/mol. The summed E-state index contributed by atoms with van der Waals surface area (Å²) in [7, 11) is 3.99. The van der Waals surface area contributed by atoms with Gasteiger partial charge in [0.1, 0.15) is 4.90 Å². The molecule has 0 N–H and O–H groups in total. The zero-order chi connectivity index (χ0) is 11.6. The van der Waals surface area contributed by atoms with Gasteiger partial charge in [-0.2, -0.15) is 0 Å². The lowest BCUT2D eigenvalue weighted by atomic mass is 10.3. The molecule has 0 aliphatic rings. The summed E-state index contributed by atoms with van der Waals surface area (Å²) < 4.78 is 32.2. The SMILES string of the molecule is COc1c(Cl)ccc(S(=O)(=O)Cl)c1OC. The molecule has 1 aromatic carbocycles. The number of benzene rings is 1. The van der Waals surface area contributed by atoms with Crippen LogP contribution in [0.1, 0.15) is 0 Å². The monoisotopic (exact) mass is 270 g/mol. The van der Waals surface area contributed by atoms with Gasteiger partial charge < -0.3 is 9.47 Å². The van der Waals surface area contributed by atoms with Crippen LogP contribution in [0.3, 0.4) is 0 Å². The number of hydrogen-bond donors (Lipinski definition) is 0. The van der Waals surface area contributed by atoms with E-state index in [4.69, 9.17) is 31.8 Å². The van der Waals surface area contributed by atoms with E-state index in [1.54, 1.807) is 0 Å². The molecule has 0 aliphatic heterocycles. The van der Waals surface area contributed by atoms with Crippen molar-refractivity contribution in [3.63, 3.8) is 0 Å². The second-order valence-corrected chi connectivity index (χ2v) is 5.49. The fraction of sp³-hybridized carbons (Fsp3) is 0.250. The van der Waals surface area contributed by atoms with E-state index in [9.17, 15) is 8.42 Å². The zero-order valence-electron chi connectivity index (χ0n) is 7.95. The van der Waals surface area contributed by atoms with Crippen LogP contribution in [0.2, 0.25) is 5.02 Å². The molecule has 15 heavy (non-hydrogen) atoms. The highest BCUT2D eigenvalue weighted by atomic mass is 35.7. The minimum atomic E-state index is -3.89. The van der Waals surface area contributed by atoms with E-state index in [0.717, 1.165) is 0 Å². The van der Waals surface area contributed by atoms with Gasteiger partial charge in [-0.1, -0.05) is 11.6 Å². The summed E-state index contributed by atoms with van der Waals surface area (Å²) in [6.07, 6.45) is 0. The Morgan fingerprint density at radius 1 is 1.13 bits per heavy atom. The topological polar surface area (TPSA) is 52.6 Å². The van der Waals surface area contributed by atoms with Crippen LogP contribution in [0.4, 0.5) is 0 Å². The van der Waals surface area contributed by atoms with E-state index in [1.807, 2.05) is 0 Å². The first-order chi connectivity index (χ1) is 6.91. The molecule has 0 unspecified atom stereocenters. The number of rotatable bonds is 3. The van der Waals surface area contributed by atoms with Crippen LogP contribution in [0.5, 0.6) is 11.5 Å². The van der Waals surface area contributed by atoms with Crippen molar-refractivity contribution < 1.29 is 17.9 Å². The second-order valence-electron chi connectivity index (χ2n) is 2.55. The Balaban J connectivity index is 3.57. The highest BCUT2D eigenvalue weighted by molar-refractivity contribution is 8.13. The molecular weight excluding hydrogens is 263 g/mol. The Labute approximate surface area is 97.1 Å². The van der Waals surface area contributed by atoms with E-state index in [2.05, 4.69) is 0 Å². The maximum Gasteiger partial charge on any atom is 0.265 e. The van der Waals surface area contributed by atoms with E-state index in [1.165, 1.54) is 26.4 Å². The molecule has 84 valence electrons. The molecule has 0 bridgehead atoms. The van der Waals surface area contributed by atoms with E-state index < -0.39 is 9.05 Å². The third-order valence-corrected chi connectivity index (χ3v) is 3.34. The molecule has 1 aromatic rings. The highest BCUT2D eigenvalue weighted by Gasteiger charge is 2.22. The molecule has 0 radical (unpaired) electrons. The zero-order valence-corrected chi connectivity index (χ0v) is 10.3. The fourth-order valence-electron chi connectivity index (χ4n) is 1.10. The maximum atomic E-state index is 11.2. The predicted molar refractivity (Wildman–Crippen MR) is 57.6 cm³/mol. The van der Waals surface area contributed by atoms with Crippen LogP contribution in [-0.4, -0.2) is 22.6 Å². The van der Waals surface area contributed by atoms with Crippen molar-refractivity contribution in [3.8, 4) is 11.5 Å². The van der Waals surface area contributed by atoms with E-state index in [0.29, 0.717) is 0 Å². The summed E-state index contributed by atoms with van der Waals surface area (Å²) in [5.41, 5.74) is 0. The lowest BCUT2D eigenvalue weighted by molar-refractivity contribution is 0.347.